The Labute approximate surface area is 157 Å². The molecule has 0 saturated heterocycles. The highest BCUT2D eigenvalue weighted by Crippen LogP contribution is 2.16. The van der Waals surface area contributed by atoms with Crippen LogP contribution in [0.1, 0.15) is 61.7 Å². The third-order valence-electron chi connectivity index (χ3n) is 4.61. The minimum absolute atomic E-state index is 1.14. The molecule has 136 valence electrons. The molecule has 0 saturated carbocycles. The number of rotatable bonds is 10. The second-order valence-electron chi connectivity index (χ2n) is 6.95. The minimum Gasteiger partial charge on any atom is -0.378 e. The van der Waals surface area contributed by atoms with E-state index in [4.69, 9.17) is 0 Å². The monoisotopic (exact) mass is 357 g/mol. The molecule has 3 heteroatoms. The number of thiazole rings is 1. The van der Waals surface area contributed by atoms with Crippen LogP contribution < -0.4 is 9.47 Å². The van der Waals surface area contributed by atoms with Crippen molar-refractivity contribution in [3.8, 4) is 0 Å². The van der Waals surface area contributed by atoms with Gasteiger partial charge in [0.2, 0.25) is 0 Å². The van der Waals surface area contributed by atoms with Gasteiger partial charge in [-0.3, -0.25) is 0 Å². The zero-order valence-electron chi connectivity index (χ0n) is 16.3. The highest BCUT2D eigenvalue weighted by Gasteiger charge is 2.14. The van der Waals surface area contributed by atoms with Crippen LogP contribution in [-0.4, -0.2) is 14.1 Å². The number of aromatic nitrogens is 1. The van der Waals surface area contributed by atoms with E-state index in [0.29, 0.717) is 0 Å². The van der Waals surface area contributed by atoms with Gasteiger partial charge in [0, 0.05) is 39.2 Å². The summed E-state index contributed by atoms with van der Waals surface area (Å²) in [4.78, 5) is 2.13. The summed E-state index contributed by atoms with van der Waals surface area (Å²) in [6, 6.07) is 8.71. The van der Waals surface area contributed by atoms with Crippen LogP contribution in [0.5, 0.6) is 0 Å². The van der Waals surface area contributed by atoms with Crippen molar-refractivity contribution in [2.45, 2.75) is 58.9 Å². The molecule has 1 heterocycles. The van der Waals surface area contributed by atoms with Crippen LogP contribution in [0.15, 0.2) is 29.6 Å². The zero-order chi connectivity index (χ0) is 18.1. The van der Waals surface area contributed by atoms with E-state index < -0.39 is 0 Å². The van der Waals surface area contributed by atoms with Crippen molar-refractivity contribution in [2.75, 3.05) is 19.0 Å². The summed E-state index contributed by atoms with van der Waals surface area (Å²) in [5, 5.41) is 3.62. The lowest BCUT2D eigenvalue weighted by atomic mass is 10.1. The van der Waals surface area contributed by atoms with E-state index in [9.17, 15) is 0 Å². The molecule has 0 N–H and O–H groups in total. The summed E-state index contributed by atoms with van der Waals surface area (Å²) in [5.74, 6) is 0. The number of aryl methyl sites for hydroxylation is 1. The van der Waals surface area contributed by atoms with Gasteiger partial charge in [0.15, 0.2) is 5.69 Å². The van der Waals surface area contributed by atoms with Crippen molar-refractivity contribution >= 4 is 29.2 Å². The maximum Gasteiger partial charge on any atom is 0.261 e. The molecule has 2 aromatic rings. The quantitative estimate of drug-likeness (QED) is 0.377. The van der Waals surface area contributed by atoms with Gasteiger partial charge in [-0.05, 0) is 30.2 Å². The van der Waals surface area contributed by atoms with E-state index >= 15 is 0 Å². The van der Waals surface area contributed by atoms with Crippen LogP contribution in [-0.2, 0) is 6.54 Å². The van der Waals surface area contributed by atoms with E-state index in [-0.39, 0.29) is 0 Å². The smallest absolute Gasteiger partial charge is 0.261 e. The maximum absolute atomic E-state index is 2.47. The molecule has 0 aliphatic carbocycles. The molecule has 0 bridgehead atoms. The van der Waals surface area contributed by atoms with Crippen molar-refractivity contribution in [1.29, 1.82) is 0 Å². The average Bonchev–Trinajstić information content (AvgIpc) is 2.96. The molecular formula is C22H33N2S+. The van der Waals surface area contributed by atoms with Crippen LogP contribution >= 0.6 is 11.3 Å². The SMILES string of the molecule is CCCCCCCC[n+]1c(C)csc1/C=C/c1ccc(N(C)C)cc1. The molecule has 0 fully saturated rings. The Bertz CT molecular complexity index is 653. The third-order valence-corrected chi connectivity index (χ3v) is 5.66. The third kappa shape index (κ3) is 6.32. The largest absolute Gasteiger partial charge is 0.378 e. The Morgan fingerprint density at radius 1 is 0.960 bits per heavy atom. The Balaban J connectivity index is 1.93. The van der Waals surface area contributed by atoms with E-state index in [1.54, 1.807) is 0 Å². The predicted molar refractivity (Wildman–Crippen MR) is 112 cm³/mol. The number of anilines is 1. The van der Waals surface area contributed by atoms with Crippen LogP contribution in [0, 0.1) is 6.92 Å². The number of nitrogens with zero attached hydrogens (tertiary/aromatic N) is 2. The highest BCUT2D eigenvalue weighted by molar-refractivity contribution is 7.10. The standard InChI is InChI=1S/C22H33N2S/c1-5-6-7-8-9-10-17-24-19(2)18-25-22(24)16-13-20-11-14-21(15-12-20)23(3)4/h11-16,18H,5-10,17H2,1-4H3/q+1. The summed E-state index contributed by atoms with van der Waals surface area (Å²) < 4.78 is 2.47. The Morgan fingerprint density at radius 3 is 2.32 bits per heavy atom. The van der Waals surface area contributed by atoms with E-state index in [1.807, 2.05) is 11.3 Å². The number of unbranched alkanes of at least 4 members (excludes halogenated alkanes) is 5. The van der Waals surface area contributed by atoms with Crippen molar-refractivity contribution in [2.24, 2.45) is 0 Å². The van der Waals surface area contributed by atoms with Crippen molar-refractivity contribution in [3.63, 3.8) is 0 Å². The lowest BCUT2D eigenvalue weighted by Gasteiger charge is -2.11. The minimum atomic E-state index is 1.14. The predicted octanol–water partition coefficient (Wildman–Crippen LogP) is 5.94. The number of benzene rings is 1. The Morgan fingerprint density at radius 2 is 1.64 bits per heavy atom. The van der Waals surface area contributed by atoms with Gasteiger partial charge < -0.3 is 4.90 Å². The lowest BCUT2D eigenvalue weighted by molar-refractivity contribution is -0.700. The van der Waals surface area contributed by atoms with Crippen LogP contribution in [0.4, 0.5) is 5.69 Å². The highest BCUT2D eigenvalue weighted by atomic mass is 32.1. The van der Waals surface area contributed by atoms with E-state index in [2.05, 4.69) is 79.2 Å². The fraction of sp³-hybridized carbons (Fsp3) is 0.500. The molecule has 2 nitrogen and oxygen atoms in total. The molecular weight excluding hydrogens is 324 g/mol. The van der Waals surface area contributed by atoms with E-state index in [1.165, 1.54) is 60.5 Å². The first kappa shape index (κ1) is 19.7. The molecule has 0 aliphatic heterocycles. The molecule has 0 unspecified atom stereocenters. The molecule has 2 rings (SSSR count). The maximum atomic E-state index is 2.47. The zero-order valence-corrected chi connectivity index (χ0v) is 17.1. The van der Waals surface area contributed by atoms with Gasteiger partial charge in [0.05, 0.1) is 5.38 Å². The van der Waals surface area contributed by atoms with Gasteiger partial charge in [-0.25, -0.2) is 0 Å². The summed E-state index contributed by atoms with van der Waals surface area (Å²) in [5.41, 5.74) is 3.87. The topological polar surface area (TPSA) is 7.12 Å². The van der Waals surface area contributed by atoms with Crippen LogP contribution in [0.25, 0.3) is 12.2 Å². The Hall–Kier alpha value is -1.61. The van der Waals surface area contributed by atoms with Gasteiger partial charge in [0.1, 0.15) is 6.54 Å². The summed E-state index contributed by atoms with van der Waals surface area (Å²) in [7, 11) is 4.15. The second-order valence-corrected chi connectivity index (χ2v) is 7.84. The first-order valence-electron chi connectivity index (χ1n) is 9.55. The van der Waals surface area contributed by atoms with Gasteiger partial charge in [-0.2, -0.15) is 4.57 Å². The van der Waals surface area contributed by atoms with Crippen LogP contribution in [0.2, 0.25) is 0 Å². The normalized spacial score (nSPS) is 11.4. The number of hydrogen-bond donors (Lipinski definition) is 0. The Kier molecular flexibility index (Phi) is 8.20. The molecule has 0 radical (unpaired) electrons. The summed E-state index contributed by atoms with van der Waals surface area (Å²) in [6.45, 7) is 5.63. The van der Waals surface area contributed by atoms with Gasteiger partial charge in [-0.15, -0.1) is 0 Å². The molecule has 0 aliphatic rings. The molecule has 25 heavy (non-hydrogen) atoms. The summed E-state index contributed by atoms with van der Waals surface area (Å²) in [6.07, 6.45) is 12.6. The molecule has 0 amide bonds. The molecule has 0 atom stereocenters. The van der Waals surface area contributed by atoms with Crippen molar-refractivity contribution < 1.29 is 4.57 Å². The summed E-state index contributed by atoms with van der Waals surface area (Å²) >= 11 is 1.84. The van der Waals surface area contributed by atoms with Crippen molar-refractivity contribution in [3.05, 3.63) is 45.9 Å². The van der Waals surface area contributed by atoms with Crippen molar-refractivity contribution in [1.82, 2.24) is 0 Å². The second kappa shape index (κ2) is 10.4. The van der Waals surface area contributed by atoms with Crippen LogP contribution in [0.3, 0.4) is 0 Å². The fourth-order valence-electron chi connectivity index (χ4n) is 2.96. The van der Waals surface area contributed by atoms with Gasteiger partial charge in [-0.1, -0.05) is 56.1 Å². The first-order valence-corrected chi connectivity index (χ1v) is 10.4. The first-order chi connectivity index (χ1) is 12.1. The van der Waals surface area contributed by atoms with E-state index in [0.717, 1.165) is 6.54 Å². The molecule has 0 spiro atoms. The molecule has 1 aromatic heterocycles. The van der Waals surface area contributed by atoms with Gasteiger partial charge in [0.25, 0.3) is 5.01 Å². The number of hydrogen-bond acceptors (Lipinski definition) is 2. The lowest BCUT2D eigenvalue weighted by Crippen LogP contribution is -2.37. The average molecular weight is 358 g/mol. The van der Waals surface area contributed by atoms with Gasteiger partial charge >= 0.3 is 0 Å². The molecule has 1 aromatic carbocycles. The fourth-order valence-corrected chi connectivity index (χ4v) is 3.89.